The normalized spacial score (nSPS) is 21.5. The van der Waals surface area contributed by atoms with Gasteiger partial charge in [-0.3, -0.25) is 0 Å². The molecule has 0 amide bonds. The van der Waals surface area contributed by atoms with Gasteiger partial charge in [-0.05, 0) is 24.5 Å². The lowest BCUT2D eigenvalue weighted by Gasteiger charge is -2.28. The van der Waals surface area contributed by atoms with Gasteiger partial charge in [-0.25, -0.2) is 0 Å². The molecule has 0 atom stereocenters. The van der Waals surface area contributed by atoms with Crippen molar-refractivity contribution in [3.05, 3.63) is 22.7 Å². The van der Waals surface area contributed by atoms with Crippen molar-refractivity contribution in [1.82, 2.24) is 0 Å². The van der Waals surface area contributed by atoms with Crippen LogP contribution in [-0.4, -0.2) is 13.2 Å². The molecule has 3 rings (SSSR count). The molecule has 1 aromatic carbocycles. The summed E-state index contributed by atoms with van der Waals surface area (Å²) in [5.74, 6) is 1.39. The molecule has 0 aromatic heterocycles. The van der Waals surface area contributed by atoms with Crippen molar-refractivity contribution < 1.29 is 9.47 Å². The van der Waals surface area contributed by atoms with Gasteiger partial charge in [-0.15, -0.1) is 0 Å². The summed E-state index contributed by atoms with van der Waals surface area (Å²) in [6.07, 6.45) is 4.32. The molecule has 0 bridgehead atoms. The molecule has 1 aliphatic carbocycles. The Labute approximate surface area is 106 Å². The monoisotopic (exact) mass is 253 g/mol. The number of fused-ring (bicyclic) bond motifs is 1. The fourth-order valence-corrected chi connectivity index (χ4v) is 3.14. The van der Waals surface area contributed by atoms with E-state index < -0.39 is 0 Å². The molecule has 4 heteroatoms. The highest BCUT2D eigenvalue weighted by Gasteiger charge is 2.35. The molecule has 92 valence electrons. The summed E-state index contributed by atoms with van der Waals surface area (Å²) in [7, 11) is 0. The van der Waals surface area contributed by atoms with E-state index in [-0.39, 0.29) is 5.54 Å². The zero-order valence-corrected chi connectivity index (χ0v) is 10.4. The SMILES string of the molecule is NC1(c2ccc3c(c2Cl)OCCO3)CCCC1. The third-order valence-corrected chi connectivity index (χ3v) is 4.06. The maximum atomic E-state index is 6.43. The van der Waals surface area contributed by atoms with E-state index in [1.54, 1.807) is 0 Å². The quantitative estimate of drug-likeness (QED) is 0.837. The van der Waals surface area contributed by atoms with E-state index in [0.29, 0.717) is 24.0 Å². The van der Waals surface area contributed by atoms with Crippen LogP contribution >= 0.6 is 11.6 Å². The van der Waals surface area contributed by atoms with Gasteiger partial charge in [-0.2, -0.15) is 0 Å². The molecule has 0 spiro atoms. The fourth-order valence-electron chi connectivity index (χ4n) is 2.74. The molecular weight excluding hydrogens is 238 g/mol. The average Bonchev–Trinajstić information content (AvgIpc) is 2.78. The standard InChI is InChI=1S/C13H16ClNO2/c14-11-9(13(15)5-1-2-6-13)3-4-10-12(11)17-8-7-16-10/h3-4H,1-2,5-8,15H2. The van der Waals surface area contributed by atoms with Crippen molar-refractivity contribution in [2.24, 2.45) is 5.73 Å². The zero-order chi connectivity index (χ0) is 11.9. The predicted octanol–water partition coefficient (Wildman–Crippen LogP) is 2.84. The minimum absolute atomic E-state index is 0.285. The Bertz CT molecular complexity index is 441. The average molecular weight is 254 g/mol. The number of rotatable bonds is 1. The van der Waals surface area contributed by atoms with Gasteiger partial charge in [0.2, 0.25) is 0 Å². The van der Waals surface area contributed by atoms with Gasteiger partial charge in [-0.1, -0.05) is 30.5 Å². The van der Waals surface area contributed by atoms with Gasteiger partial charge in [0, 0.05) is 5.54 Å². The Hall–Kier alpha value is -0.930. The van der Waals surface area contributed by atoms with Crippen LogP contribution in [0.3, 0.4) is 0 Å². The smallest absolute Gasteiger partial charge is 0.180 e. The van der Waals surface area contributed by atoms with E-state index in [9.17, 15) is 0 Å². The highest BCUT2D eigenvalue weighted by molar-refractivity contribution is 6.33. The molecule has 1 aliphatic heterocycles. The van der Waals surface area contributed by atoms with Crippen molar-refractivity contribution in [2.45, 2.75) is 31.2 Å². The van der Waals surface area contributed by atoms with E-state index in [0.717, 1.165) is 24.2 Å². The second-order valence-electron chi connectivity index (χ2n) is 4.81. The Morgan fingerprint density at radius 2 is 1.82 bits per heavy atom. The lowest BCUT2D eigenvalue weighted by Crippen LogP contribution is -2.33. The molecule has 17 heavy (non-hydrogen) atoms. The third kappa shape index (κ3) is 1.78. The lowest BCUT2D eigenvalue weighted by atomic mass is 9.89. The third-order valence-electron chi connectivity index (χ3n) is 3.68. The molecular formula is C13H16ClNO2. The molecule has 0 radical (unpaired) electrons. The maximum Gasteiger partial charge on any atom is 0.180 e. The second kappa shape index (κ2) is 4.07. The number of hydrogen-bond acceptors (Lipinski definition) is 3. The summed E-state index contributed by atoms with van der Waals surface area (Å²) in [6, 6.07) is 3.91. The first-order chi connectivity index (χ1) is 8.21. The highest BCUT2D eigenvalue weighted by atomic mass is 35.5. The predicted molar refractivity (Wildman–Crippen MR) is 66.8 cm³/mol. The maximum absolute atomic E-state index is 6.43. The number of nitrogens with two attached hydrogens (primary N) is 1. The Kier molecular flexibility index (Phi) is 2.68. The van der Waals surface area contributed by atoms with E-state index in [1.807, 2.05) is 12.1 Å². The summed E-state index contributed by atoms with van der Waals surface area (Å²) in [4.78, 5) is 0. The van der Waals surface area contributed by atoms with Gasteiger partial charge in [0.1, 0.15) is 13.2 Å². The van der Waals surface area contributed by atoms with E-state index in [4.69, 9.17) is 26.8 Å². The number of benzene rings is 1. The van der Waals surface area contributed by atoms with E-state index >= 15 is 0 Å². The molecule has 0 saturated heterocycles. The molecule has 1 fully saturated rings. The minimum Gasteiger partial charge on any atom is -0.486 e. The first-order valence-electron chi connectivity index (χ1n) is 6.08. The molecule has 1 aromatic rings. The fraction of sp³-hybridized carbons (Fsp3) is 0.538. The summed E-state index contributed by atoms with van der Waals surface area (Å²) < 4.78 is 11.1. The van der Waals surface area contributed by atoms with Crippen LogP contribution in [0.25, 0.3) is 0 Å². The van der Waals surface area contributed by atoms with Gasteiger partial charge in [0.15, 0.2) is 11.5 Å². The van der Waals surface area contributed by atoms with Gasteiger partial charge < -0.3 is 15.2 Å². The molecule has 2 N–H and O–H groups in total. The Morgan fingerprint density at radius 1 is 1.12 bits per heavy atom. The summed E-state index contributed by atoms with van der Waals surface area (Å²) in [5.41, 5.74) is 7.15. The van der Waals surface area contributed by atoms with Crippen LogP contribution in [0.1, 0.15) is 31.2 Å². The number of ether oxygens (including phenoxy) is 2. The Morgan fingerprint density at radius 3 is 2.59 bits per heavy atom. The summed E-state index contributed by atoms with van der Waals surface area (Å²) in [5, 5.41) is 0.631. The molecule has 1 heterocycles. The van der Waals surface area contributed by atoms with Gasteiger partial charge in [0.05, 0.1) is 5.02 Å². The van der Waals surface area contributed by atoms with Crippen LogP contribution in [0.4, 0.5) is 0 Å². The van der Waals surface area contributed by atoms with Crippen molar-refractivity contribution >= 4 is 11.6 Å². The first kappa shape index (κ1) is 11.2. The zero-order valence-electron chi connectivity index (χ0n) is 9.67. The topological polar surface area (TPSA) is 44.5 Å². The van der Waals surface area contributed by atoms with Crippen LogP contribution in [0.5, 0.6) is 11.5 Å². The summed E-state index contributed by atoms with van der Waals surface area (Å²) >= 11 is 6.41. The molecule has 3 nitrogen and oxygen atoms in total. The molecule has 2 aliphatic rings. The van der Waals surface area contributed by atoms with Gasteiger partial charge >= 0.3 is 0 Å². The minimum atomic E-state index is -0.285. The van der Waals surface area contributed by atoms with Crippen molar-refractivity contribution in [3.63, 3.8) is 0 Å². The number of halogens is 1. The van der Waals surface area contributed by atoms with Crippen molar-refractivity contribution in [3.8, 4) is 11.5 Å². The largest absolute Gasteiger partial charge is 0.486 e. The van der Waals surface area contributed by atoms with Crippen LogP contribution in [0.15, 0.2) is 12.1 Å². The van der Waals surface area contributed by atoms with Crippen molar-refractivity contribution in [2.75, 3.05) is 13.2 Å². The van der Waals surface area contributed by atoms with Crippen LogP contribution < -0.4 is 15.2 Å². The highest BCUT2D eigenvalue weighted by Crippen LogP contribution is 2.46. The Balaban J connectivity index is 2.06. The lowest BCUT2D eigenvalue weighted by molar-refractivity contribution is 0.171. The van der Waals surface area contributed by atoms with E-state index in [2.05, 4.69) is 0 Å². The van der Waals surface area contributed by atoms with Crippen molar-refractivity contribution in [1.29, 1.82) is 0 Å². The second-order valence-corrected chi connectivity index (χ2v) is 5.19. The van der Waals surface area contributed by atoms with Crippen LogP contribution in [-0.2, 0) is 5.54 Å². The van der Waals surface area contributed by atoms with Crippen LogP contribution in [0.2, 0.25) is 5.02 Å². The number of hydrogen-bond donors (Lipinski definition) is 1. The summed E-state index contributed by atoms with van der Waals surface area (Å²) in [6.45, 7) is 1.13. The van der Waals surface area contributed by atoms with E-state index in [1.165, 1.54) is 12.8 Å². The van der Waals surface area contributed by atoms with Gasteiger partial charge in [0.25, 0.3) is 0 Å². The van der Waals surface area contributed by atoms with Crippen LogP contribution in [0, 0.1) is 0 Å². The molecule has 1 saturated carbocycles. The molecule has 0 unspecified atom stereocenters. The first-order valence-corrected chi connectivity index (χ1v) is 6.46.